The standard InChI is InChI=1S/C85H49F5N6/c86-51-41-50(42-52(87)43-51)69-48-83(95-79-44-53(91-71-25-9-1-17-57(71)58-18-2-10-26-72(58)91)33-37-65(79)66-38-34-54(45-80(66)95)92-73-27-11-3-19-59(73)60-20-4-12-28-74(60)92)84(49-70(69)85(88,89)90)96-81-46-55(93-75-29-13-5-21-61(75)62-22-6-14-30-76(62)93)35-39-67(81)68-40-36-56(47-82(68)96)94-77-31-15-7-23-63(77)64-24-8-16-32-78(64)94/h1-49H. The van der Waals surface area contributed by atoms with E-state index in [1.54, 1.807) is 0 Å². The number of aromatic nitrogens is 6. The highest BCUT2D eigenvalue weighted by Gasteiger charge is 2.37. The molecule has 20 aromatic rings. The summed E-state index contributed by atoms with van der Waals surface area (Å²) in [4.78, 5) is 0. The monoisotopic (exact) mass is 1250 g/mol. The lowest BCUT2D eigenvalue weighted by atomic mass is 9.96. The first-order valence-corrected chi connectivity index (χ1v) is 31.9. The molecule has 0 aliphatic carbocycles. The molecule has 0 atom stereocenters. The van der Waals surface area contributed by atoms with E-state index in [1.165, 1.54) is 12.1 Å². The van der Waals surface area contributed by atoms with Crippen molar-refractivity contribution in [3.05, 3.63) is 314 Å². The number of alkyl halides is 3. The second-order valence-electron chi connectivity index (χ2n) is 25.0. The minimum atomic E-state index is -5.05. The minimum Gasteiger partial charge on any atom is -0.309 e. The van der Waals surface area contributed by atoms with Crippen molar-refractivity contribution in [2.75, 3.05) is 0 Å². The number of nitrogens with zero attached hydrogens (tertiary/aromatic N) is 6. The maximum Gasteiger partial charge on any atom is 0.417 e. The quantitative estimate of drug-likeness (QED) is 0.142. The minimum absolute atomic E-state index is 0.171. The third-order valence-electron chi connectivity index (χ3n) is 19.9. The largest absolute Gasteiger partial charge is 0.417 e. The molecule has 6 nitrogen and oxygen atoms in total. The Labute approximate surface area is 543 Å². The molecule has 0 spiro atoms. The first-order chi connectivity index (χ1) is 47.1. The SMILES string of the molecule is Fc1cc(F)cc(-c2cc(-n3c4cc(-n5c6ccccc6c6ccccc65)ccc4c4ccc(-n5c6ccccc6c6ccccc65)cc43)c(-n3c4cc(-n5c6ccccc6c6ccccc65)ccc4c4ccc(-n5c6ccccc6c6ccccc65)cc43)cc2C(F)(F)F)c1. The fraction of sp³-hybridized carbons (Fsp3) is 0.0118. The summed E-state index contributed by atoms with van der Waals surface area (Å²) < 4.78 is 95.8. The van der Waals surface area contributed by atoms with E-state index in [1.807, 2.05) is 102 Å². The molecule has 0 bridgehead atoms. The van der Waals surface area contributed by atoms with Crippen molar-refractivity contribution in [2.24, 2.45) is 0 Å². The van der Waals surface area contributed by atoms with Crippen LogP contribution in [0, 0.1) is 11.6 Å². The third-order valence-corrected chi connectivity index (χ3v) is 19.9. The molecule has 0 saturated carbocycles. The number of hydrogen-bond donors (Lipinski definition) is 0. The van der Waals surface area contributed by atoms with E-state index < -0.39 is 28.9 Å². The van der Waals surface area contributed by atoms with Gasteiger partial charge in [0.15, 0.2) is 0 Å². The zero-order valence-corrected chi connectivity index (χ0v) is 50.9. The zero-order chi connectivity index (χ0) is 63.8. The van der Waals surface area contributed by atoms with Gasteiger partial charge in [-0.3, -0.25) is 0 Å². The molecular formula is C85H49F5N6. The number of para-hydroxylation sites is 8. The summed E-state index contributed by atoms with van der Waals surface area (Å²) in [6, 6.07) is 96.8. The summed E-state index contributed by atoms with van der Waals surface area (Å²) in [5.74, 6) is -2.02. The molecule has 0 N–H and O–H groups in total. The van der Waals surface area contributed by atoms with Gasteiger partial charge in [0.1, 0.15) is 11.6 Å². The van der Waals surface area contributed by atoms with Crippen LogP contribution in [0.4, 0.5) is 22.0 Å². The summed E-state index contributed by atoms with van der Waals surface area (Å²) in [5, 5.41) is 11.7. The average molecular weight is 1250 g/mol. The van der Waals surface area contributed by atoms with Gasteiger partial charge in [0.05, 0.1) is 83.1 Å². The number of benzene rings is 14. The Kier molecular flexibility index (Phi) is 11.3. The zero-order valence-electron chi connectivity index (χ0n) is 50.9. The topological polar surface area (TPSA) is 29.6 Å². The summed E-state index contributed by atoms with van der Waals surface area (Å²) in [6.07, 6.45) is -5.05. The Morgan fingerprint density at radius 2 is 0.438 bits per heavy atom. The van der Waals surface area contributed by atoms with Crippen LogP contribution in [0.3, 0.4) is 0 Å². The third kappa shape index (κ3) is 7.73. The maximum atomic E-state index is 17.0. The lowest BCUT2D eigenvalue weighted by molar-refractivity contribution is -0.137. The molecule has 6 aromatic heterocycles. The van der Waals surface area contributed by atoms with Crippen molar-refractivity contribution in [1.29, 1.82) is 0 Å². The van der Waals surface area contributed by atoms with Crippen LogP contribution in [0.1, 0.15) is 5.56 Å². The van der Waals surface area contributed by atoms with Gasteiger partial charge in [-0.1, -0.05) is 170 Å². The van der Waals surface area contributed by atoms with E-state index in [9.17, 15) is 0 Å². The molecule has 14 aromatic carbocycles. The fourth-order valence-electron chi connectivity index (χ4n) is 16.0. The molecular weight excluding hydrogens is 1200 g/mol. The molecule has 0 unspecified atom stereocenters. The Morgan fingerprint density at radius 3 is 0.688 bits per heavy atom. The van der Waals surface area contributed by atoms with Crippen LogP contribution in [0.25, 0.3) is 176 Å². The first-order valence-electron chi connectivity index (χ1n) is 31.9. The molecule has 0 saturated heterocycles. The van der Waals surface area contributed by atoms with Gasteiger partial charge < -0.3 is 27.4 Å². The van der Waals surface area contributed by atoms with Crippen LogP contribution in [-0.4, -0.2) is 27.4 Å². The van der Waals surface area contributed by atoms with Crippen LogP contribution in [-0.2, 0) is 6.18 Å². The van der Waals surface area contributed by atoms with Crippen LogP contribution < -0.4 is 0 Å². The van der Waals surface area contributed by atoms with Gasteiger partial charge in [-0.15, -0.1) is 0 Å². The lowest BCUT2D eigenvalue weighted by Gasteiger charge is -2.23. The number of rotatable bonds is 7. The predicted octanol–water partition coefficient (Wildman–Crippen LogP) is 23.2. The molecule has 0 radical (unpaired) electrons. The van der Waals surface area contributed by atoms with Crippen molar-refractivity contribution in [3.63, 3.8) is 0 Å². The Balaban J connectivity index is 0.977. The van der Waals surface area contributed by atoms with Gasteiger partial charge in [0.25, 0.3) is 0 Å². The molecule has 6 heterocycles. The van der Waals surface area contributed by atoms with Crippen LogP contribution in [0.2, 0.25) is 0 Å². The van der Waals surface area contributed by atoms with Crippen molar-refractivity contribution < 1.29 is 22.0 Å². The molecule has 20 rings (SSSR count). The average Bonchev–Trinajstić information content (AvgIpc) is 1.52. The van der Waals surface area contributed by atoms with Crippen LogP contribution in [0.15, 0.2) is 297 Å². The van der Waals surface area contributed by atoms with Crippen molar-refractivity contribution in [2.45, 2.75) is 6.18 Å². The first kappa shape index (κ1) is 54.1. The number of fused-ring (bicyclic) bond motifs is 18. The highest BCUT2D eigenvalue weighted by Crippen LogP contribution is 2.48. The van der Waals surface area contributed by atoms with Gasteiger partial charge in [0.2, 0.25) is 0 Å². The molecule has 0 aliphatic rings. The number of halogens is 5. The van der Waals surface area contributed by atoms with Crippen molar-refractivity contribution >= 4 is 131 Å². The van der Waals surface area contributed by atoms with Gasteiger partial charge in [-0.05, 0) is 132 Å². The Bertz CT molecular complexity index is 6170. The Hall–Kier alpha value is -12.5. The van der Waals surface area contributed by atoms with Gasteiger partial charge in [-0.25, -0.2) is 8.78 Å². The van der Waals surface area contributed by atoms with E-state index in [4.69, 9.17) is 0 Å². The molecule has 454 valence electrons. The summed E-state index contributed by atoms with van der Waals surface area (Å²) >= 11 is 0. The Morgan fingerprint density at radius 1 is 0.208 bits per heavy atom. The van der Waals surface area contributed by atoms with E-state index in [-0.39, 0.29) is 11.3 Å². The summed E-state index contributed by atoms with van der Waals surface area (Å²) in [5.41, 5.74) is 12.3. The molecule has 0 amide bonds. The van der Waals surface area contributed by atoms with E-state index >= 15 is 22.0 Å². The second kappa shape index (κ2) is 20.0. The van der Waals surface area contributed by atoms with Gasteiger partial charge in [-0.2, -0.15) is 13.2 Å². The smallest absolute Gasteiger partial charge is 0.309 e. The molecule has 11 heteroatoms. The fourth-order valence-corrected chi connectivity index (χ4v) is 16.0. The highest BCUT2D eigenvalue weighted by molar-refractivity contribution is 6.17. The lowest BCUT2D eigenvalue weighted by Crippen LogP contribution is -2.12. The second-order valence-corrected chi connectivity index (χ2v) is 25.0. The van der Waals surface area contributed by atoms with Crippen molar-refractivity contribution in [1.82, 2.24) is 27.4 Å². The van der Waals surface area contributed by atoms with E-state index in [0.717, 1.165) is 144 Å². The van der Waals surface area contributed by atoms with Crippen molar-refractivity contribution in [3.8, 4) is 45.3 Å². The van der Waals surface area contributed by atoms with E-state index in [0.29, 0.717) is 33.8 Å². The van der Waals surface area contributed by atoms with Crippen LogP contribution >= 0.6 is 0 Å². The number of hydrogen-bond acceptors (Lipinski definition) is 0. The predicted molar refractivity (Wildman–Crippen MR) is 383 cm³/mol. The maximum absolute atomic E-state index is 17.0. The van der Waals surface area contributed by atoms with Crippen LogP contribution in [0.5, 0.6) is 0 Å². The summed E-state index contributed by atoms with van der Waals surface area (Å²) in [7, 11) is 0. The van der Waals surface area contributed by atoms with Gasteiger partial charge >= 0.3 is 6.18 Å². The summed E-state index contributed by atoms with van der Waals surface area (Å²) in [6.45, 7) is 0. The molecule has 0 aliphatic heterocycles. The molecule has 0 fully saturated rings. The van der Waals surface area contributed by atoms with E-state index in [2.05, 4.69) is 193 Å². The highest BCUT2D eigenvalue weighted by atomic mass is 19.4. The van der Waals surface area contributed by atoms with Gasteiger partial charge in [0, 0.05) is 93.5 Å². The molecule has 96 heavy (non-hydrogen) atoms. The normalized spacial score (nSPS) is 12.4.